The fourth-order valence-electron chi connectivity index (χ4n) is 4.52. The van der Waals surface area contributed by atoms with Crippen LogP contribution in [0.1, 0.15) is 24.5 Å². The van der Waals surface area contributed by atoms with Gasteiger partial charge in [0.1, 0.15) is 11.5 Å². The van der Waals surface area contributed by atoms with Crippen LogP contribution in [0.15, 0.2) is 84.4 Å². The molecule has 2 aliphatic heterocycles. The average molecular weight is 376 g/mol. The third-order valence-corrected chi connectivity index (χ3v) is 6.00. The van der Waals surface area contributed by atoms with Gasteiger partial charge < -0.3 is 9.47 Å². The molecule has 1 spiro atoms. The molecule has 6 rings (SSSR count). The highest BCUT2D eigenvalue weighted by atomic mass is 16.7. The largest absolute Gasteiger partial charge is 0.444 e. The molecule has 1 unspecified atom stereocenters. The van der Waals surface area contributed by atoms with Crippen molar-refractivity contribution in [2.24, 2.45) is 0 Å². The third kappa shape index (κ3) is 2.35. The zero-order valence-electron chi connectivity index (χ0n) is 16.2. The maximum atomic E-state index is 6.56. The van der Waals surface area contributed by atoms with Crippen LogP contribution in [0.25, 0.3) is 33.7 Å². The van der Waals surface area contributed by atoms with Crippen molar-refractivity contribution in [3.63, 3.8) is 0 Å². The molecule has 0 saturated heterocycles. The number of rotatable bonds is 1. The van der Waals surface area contributed by atoms with Crippen LogP contribution < -0.4 is 9.47 Å². The molecule has 29 heavy (non-hydrogen) atoms. The fourth-order valence-corrected chi connectivity index (χ4v) is 4.52. The molecule has 0 fully saturated rings. The van der Waals surface area contributed by atoms with E-state index in [0.29, 0.717) is 0 Å². The minimum Gasteiger partial charge on any atom is -0.444 e. The summed E-state index contributed by atoms with van der Waals surface area (Å²) in [7, 11) is 0. The van der Waals surface area contributed by atoms with E-state index in [1.54, 1.807) is 0 Å². The van der Waals surface area contributed by atoms with Crippen LogP contribution in [-0.4, -0.2) is 5.79 Å². The topological polar surface area (TPSA) is 18.5 Å². The summed E-state index contributed by atoms with van der Waals surface area (Å²) < 4.78 is 13.1. The number of ether oxygens (including phenoxy) is 2. The van der Waals surface area contributed by atoms with Gasteiger partial charge in [0.15, 0.2) is 0 Å². The first-order chi connectivity index (χ1) is 14.3. The van der Waals surface area contributed by atoms with Crippen molar-refractivity contribution in [2.45, 2.75) is 19.1 Å². The minimum absolute atomic E-state index is 0.843. The number of hydrogen-bond donors (Lipinski definition) is 0. The van der Waals surface area contributed by atoms with Crippen LogP contribution >= 0.6 is 0 Å². The van der Waals surface area contributed by atoms with Crippen LogP contribution in [0.4, 0.5) is 0 Å². The highest BCUT2D eigenvalue weighted by Gasteiger charge is 2.42. The summed E-state index contributed by atoms with van der Waals surface area (Å²) in [6.45, 7) is 2.15. The number of fused-ring (bicyclic) bond motifs is 6. The second-order valence-corrected chi connectivity index (χ2v) is 7.63. The predicted octanol–water partition coefficient (Wildman–Crippen LogP) is 6.98. The molecule has 0 radical (unpaired) electrons. The summed E-state index contributed by atoms with van der Waals surface area (Å²) in [6.07, 6.45) is 7.30. The lowest BCUT2D eigenvalue weighted by atomic mass is 9.91. The maximum absolute atomic E-state index is 6.56. The first-order valence-electron chi connectivity index (χ1n) is 10.1. The molecule has 2 nitrogen and oxygen atoms in total. The summed E-state index contributed by atoms with van der Waals surface area (Å²) in [5.74, 6) is 0.823. The van der Waals surface area contributed by atoms with E-state index in [1.165, 1.54) is 21.5 Å². The van der Waals surface area contributed by atoms with Crippen LogP contribution in [0.2, 0.25) is 0 Å². The van der Waals surface area contributed by atoms with E-state index in [-0.39, 0.29) is 0 Å². The Morgan fingerprint density at radius 3 is 1.93 bits per heavy atom. The molecule has 4 aromatic carbocycles. The van der Waals surface area contributed by atoms with Crippen molar-refractivity contribution in [3.05, 3.63) is 95.6 Å². The van der Waals surface area contributed by atoms with Gasteiger partial charge in [0.2, 0.25) is 0 Å². The van der Waals surface area contributed by atoms with E-state index in [2.05, 4.69) is 97.9 Å². The molecule has 0 bridgehead atoms. The molecular weight excluding hydrogens is 356 g/mol. The Hall–Kier alpha value is -3.52. The summed E-state index contributed by atoms with van der Waals surface area (Å²) in [6, 6.07) is 25.2. The van der Waals surface area contributed by atoms with Crippen LogP contribution in [-0.2, 0) is 0 Å². The van der Waals surface area contributed by atoms with E-state index in [1.807, 2.05) is 0 Å². The molecule has 0 amide bonds. The molecule has 140 valence electrons. The SMILES string of the molecule is CCC1=Cc2c(ccc3ccccc23)OC12C=Cc1c(ccc3ccccc13)O2. The molecule has 2 aliphatic rings. The molecular formula is C27H20O2. The fraction of sp³-hybridized carbons (Fsp3) is 0.111. The van der Waals surface area contributed by atoms with Gasteiger partial charge in [-0.25, -0.2) is 0 Å². The average Bonchev–Trinajstić information content (AvgIpc) is 2.78. The molecule has 0 N–H and O–H groups in total. The van der Waals surface area contributed by atoms with Crippen molar-refractivity contribution in [3.8, 4) is 11.5 Å². The molecule has 0 aromatic heterocycles. The Balaban J connectivity index is 1.52. The van der Waals surface area contributed by atoms with Gasteiger partial charge in [0, 0.05) is 22.8 Å². The smallest absolute Gasteiger partial charge is 0.294 e. The molecule has 2 heterocycles. The van der Waals surface area contributed by atoms with Gasteiger partial charge in [0.25, 0.3) is 5.79 Å². The quantitative estimate of drug-likeness (QED) is 0.357. The standard InChI is InChI=1S/C27H20O2/c1-2-20-17-24-22-10-6-4-8-19(22)12-14-26(24)29-27(20)16-15-23-21-9-5-3-7-18(21)11-13-25(23)28-27/h3-17H,2H2,1H3. The second-order valence-electron chi connectivity index (χ2n) is 7.63. The monoisotopic (exact) mass is 376 g/mol. The van der Waals surface area contributed by atoms with E-state index < -0.39 is 5.79 Å². The van der Waals surface area contributed by atoms with Crippen molar-refractivity contribution in [1.82, 2.24) is 0 Å². The lowest BCUT2D eigenvalue weighted by molar-refractivity contribution is -0.0429. The van der Waals surface area contributed by atoms with Gasteiger partial charge in [-0.05, 0) is 52.3 Å². The molecule has 0 aliphatic carbocycles. The van der Waals surface area contributed by atoms with Crippen molar-refractivity contribution in [1.29, 1.82) is 0 Å². The normalized spacial score (nSPS) is 19.4. The zero-order chi connectivity index (χ0) is 19.4. The van der Waals surface area contributed by atoms with E-state index >= 15 is 0 Å². The van der Waals surface area contributed by atoms with Gasteiger partial charge in [-0.1, -0.05) is 67.6 Å². The van der Waals surface area contributed by atoms with Gasteiger partial charge in [-0.15, -0.1) is 0 Å². The minimum atomic E-state index is -0.889. The van der Waals surface area contributed by atoms with Crippen molar-refractivity contribution >= 4 is 33.7 Å². The summed E-state index contributed by atoms with van der Waals surface area (Å²) in [5, 5.41) is 4.83. The van der Waals surface area contributed by atoms with Gasteiger partial charge >= 0.3 is 0 Å². The highest BCUT2D eigenvalue weighted by molar-refractivity contribution is 5.96. The first kappa shape index (κ1) is 16.4. The Morgan fingerprint density at radius 2 is 1.28 bits per heavy atom. The summed E-state index contributed by atoms with van der Waals surface area (Å²) >= 11 is 0. The maximum Gasteiger partial charge on any atom is 0.294 e. The van der Waals surface area contributed by atoms with Gasteiger partial charge in [-0.3, -0.25) is 0 Å². The van der Waals surface area contributed by atoms with Crippen LogP contribution in [0.5, 0.6) is 11.5 Å². The molecule has 2 heteroatoms. The highest BCUT2D eigenvalue weighted by Crippen LogP contribution is 2.46. The van der Waals surface area contributed by atoms with Gasteiger partial charge in [0.05, 0.1) is 0 Å². The number of hydrogen-bond acceptors (Lipinski definition) is 2. The third-order valence-electron chi connectivity index (χ3n) is 6.00. The van der Waals surface area contributed by atoms with E-state index in [9.17, 15) is 0 Å². The molecule has 0 saturated carbocycles. The molecule has 4 aromatic rings. The summed E-state index contributed by atoms with van der Waals surface area (Å²) in [5.41, 5.74) is 3.36. The number of benzene rings is 4. The Kier molecular flexibility index (Phi) is 3.39. The molecule has 1 atom stereocenters. The lowest BCUT2D eigenvalue weighted by Gasteiger charge is -2.39. The Bertz CT molecular complexity index is 1340. The second kappa shape index (κ2) is 5.99. The zero-order valence-corrected chi connectivity index (χ0v) is 16.2. The van der Waals surface area contributed by atoms with E-state index in [0.717, 1.165) is 34.6 Å². The Labute approximate surface area is 169 Å². The lowest BCUT2D eigenvalue weighted by Crippen LogP contribution is -2.45. The van der Waals surface area contributed by atoms with Gasteiger partial charge in [-0.2, -0.15) is 0 Å². The summed E-state index contributed by atoms with van der Waals surface area (Å²) in [4.78, 5) is 0. The van der Waals surface area contributed by atoms with Crippen LogP contribution in [0.3, 0.4) is 0 Å². The van der Waals surface area contributed by atoms with Crippen molar-refractivity contribution < 1.29 is 9.47 Å². The predicted molar refractivity (Wildman–Crippen MR) is 119 cm³/mol. The first-order valence-corrected chi connectivity index (χ1v) is 10.1. The Morgan fingerprint density at radius 1 is 0.690 bits per heavy atom. The van der Waals surface area contributed by atoms with Crippen LogP contribution in [0, 0.1) is 0 Å². The van der Waals surface area contributed by atoms with Crippen molar-refractivity contribution in [2.75, 3.05) is 0 Å². The van der Waals surface area contributed by atoms with E-state index in [4.69, 9.17) is 9.47 Å².